The van der Waals surface area contributed by atoms with E-state index < -0.39 is 29.0 Å². The molecule has 26 heavy (non-hydrogen) atoms. The van der Waals surface area contributed by atoms with Crippen LogP contribution in [0.2, 0.25) is 0 Å². The molecule has 1 aliphatic heterocycles. The first kappa shape index (κ1) is 18.1. The Labute approximate surface area is 149 Å². The molecule has 3 rings (SSSR count). The van der Waals surface area contributed by atoms with Gasteiger partial charge in [-0.15, -0.1) is 5.10 Å². The zero-order valence-corrected chi connectivity index (χ0v) is 14.9. The highest BCUT2D eigenvalue weighted by molar-refractivity contribution is 5.92. The first-order valence-electron chi connectivity index (χ1n) is 8.41. The number of piperidine rings is 1. The van der Waals surface area contributed by atoms with Crippen LogP contribution in [0.25, 0.3) is 11.0 Å². The molecule has 1 aromatic carbocycles. The molecule has 1 aromatic heterocycles. The smallest absolute Gasteiger partial charge is 0.410 e. The minimum absolute atomic E-state index is 0.184. The van der Waals surface area contributed by atoms with Crippen molar-refractivity contribution in [2.45, 2.75) is 45.3 Å². The second-order valence-corrected chi connectivity index (χ2v) is 7.38. The summed E-state index contributed by atoms with van der Waals surface area (Å²) in [5.74, 6) is -2.19. The van der Waals surface area contributed by atoms with Gasteiger partial charge in [0.05, 0.1) is 17.1 Å². The fraction of sp³-hybridized carbons (Fsp3) is 0.529. The van der Waals surface area contributed by atoms with Crippen molar-refractivity contribution in [2.24, 2.45) is 0 Å². The molecule has 0 aliphatic carbocycles. The highest BCUT2D eigenvalue weighted by Gasteiger charge is 2.30. The molecule has 0 saturated carbocycles. The number of likely N-dealkylation sites (tertiary alicyclic amines) is 1. The van der Waals surface area contributed by atoms with Gasteiger partial charge in [0.2, 0.25) is 0 Å². The van der Waals surface area contributed by atoms with Gasteiger partial charge in [-0.3, -0.25) is 0 Å². The van der Waals surface area contributed by atoms with E-state index in [0.29, 0.717) is 24.1 Å². The first-order chi connectivity index (χ1) is 12.2. The Morgan fingerprint density at radius 2 is 2.08 bits per heavy atom. The summed E-state index contributed by atoms with van der Waals surface area (Å²) in [6.45, 7) is 6.37. The summed E-state index contributed by atoms with van der Waals surface area (Å²) < 4.78 is 21.0. The van der Waals surface area contributed by atoms with Crippen LogP contribution in [0.4, 0.5) is 9.18 Å². The van der Waals surface area contributed by atoms with E-state index in [-0.39, 0.29) is 6.04 Å². The van der Waals surface area contributed by atoms with E-state index in [4.69, 9.17) is 9.84 Å². The van der Waals surface area contributed by atoms with Gasteiger partial charge in [-0.25, -0.2) is 18.7 Å². The largest absolute Gasteiger partial charge is 0.478 e. The molecule has 9 heteroatoms. The van der Waals surface area contributed by atoms with E-state index >= 15 is 0 Å². The number of fused-ring (bicyclic) bond motifs is 1. The molecule has 1 fully saturated rings. The Morgan fingerprint density at radius 1 is 1.35 bits per heavy atom. The van der Waals surface area contributed by atoms with Gasteiger partial charge in [0.1, 0.15) is 16.9 Å². The van der Waals surface area contributed by atoms with Crippen LogP contribution >= 0.6 is 0 Å². The molecule has 0 spiro atoms. The second-order valence-electron chi connectivity index (χ2n) is 7.38. The van der Waals surface area contributed by atoms with E-state index in [1.54, 1.807) is 30.4 Å². The van der Waals surface area contributed by atoms with Gasteiger partial charge < -0.3 is 14.7 Å². The number of aromatic carboxylic acids is 1. The normalized spacial score (nSPS) is 18.2. The van der Waals surface area contributed by atoms with Crippen LogP contribution in [0.5, 0.6) is 0 Å². The minimum atomic E-state index is -1.35. The molecule has 1 N–H and O–H groups in total. The number of amides is 1. The summed E-state index contributed by atoms with van der Waals surface area (Å²) >= 11 is 0. The van der Waals surface area contributed by atoms with Crippen LogP contribution in [0.15, 0.2) is 12.1 Å². The number of benzene rings is 1. The molecule has 2 heterocycles. The van der Waals surface area contributed by atoms with E-state index in [0.717, 1.165) is 18.9 Å². The molecule has 1 unspecified atom stereocenters. The van der Waals surface area contributed by atoms with Crippen molar-refractivity contribution in [2.75, 3.05) is 13.1 Å². The maximum atomic E-state index is 14.1. The number of ether oxygens (including phenoxy) is 1. The lowest BCUT2D eigenvalue weighted by molar-refractivity contribution is 0.0168. The van der Waals surface area contributed by atoms with Gasteiger partial charge in [0.25, 0.3) is 0 Å². The highest BCUT2D eigenvalue weighted by atomic mass is 19.1. The van der Waals surface area contributed by atoms with Crippen LogP contribution < -0.4 is 0 Å². The zero-order chi connectivity index (χ0) is 19.1. The summed E-state index contributed by atoms with van der Waals surface area (Å²) in [4.78, 5) is 25.0. The minimum Gasteiger partial charge on any atom is -0.478 e. The number of halogens is 1. The first-order valence-corrected chi connectivity index (χ1v) is 8.41. The van der Waals surface area contributed by atoms with Crippen LogP contribution in [-0.2, 0) is 4.74 Å². The lowest BCUT2D eigenvalue weighted by Crippen LogP contribution is -2.43. The monoisotopic (exact) mass is 364 g/mol. The Hall–Kier alpha value is -2.71. The third kappa shape index (κ3) is 3.61. The molecular formula is C17H21FN4O4. The molecule has 0 bridgehead atoms. The van der Waals surface area contributed by atoms with Crippen molar-refractivity contribution in [3.63, 3.8) is 0 Å². The van der Waals surface area contributed by atoms with E-state index in [1.165, 1.54) is 6.07 Å². The fourth-order valence-electron chi connectivity index (χ4n) is 3.04. The number of carbonyl (C=O) groups excluding carboxylic acids is 1. The molecule has 1 atom stereocenters. The molecule has 1 saturated heterocycles. The van der Waals surface area contributed by atoms with Crippen LogP contribution in [-0.4, -0.2) is 55.8 Å². The average molecular weight is 364 g/mol. The molecule has 1 amide bonds. The Balaban J connectivity index is 1.86. The van der Waals surface area contributed by atoms with Crippen molar-refractivity contribution in [1.82, 2.24) is 19.9 Å². The molecule has 1 aliphatic rings. The van der Waals surface area contributed by atoms with E-state index in [9.17, 15) is 14.0 Å². The van der Waals surface area contributed by atoms with Crippen LogP contribution in [0.1, 0.15) is 50.0 Å². The van der Waals surface area contributed by atoms with Gasteiger partial charge >= 0.3 is 12.1 Å². The maximum absolute atomic E-state index is 14.1. The quantitative estimate of drug-likeness (QED) is 0.880. The lowest BCUT2D eigenvalue weighted by atomic mass is 10.1. The van der Waals surface area contributed by atoms with Crippen LogP contribution in [0.3, 0.4) is 0 Å². The fourth-order valence-corrected chi connectivity index (χ4v) is 3.04. The second kappa shape index (κ2) is 6.54. The zero-order valence-electron chi connectivity index (χ0n) is 14.9. The number of carboxylic acids is 1. The predicted molar refractivity (Wildman–Crippen MR) is 90.5 cm³/mol. The number of carbonyl (C=O) groups is 2. The van der Waals surface area contributed by atoms with Gasteiger partial charge in [-0.1, -0.05) is 5.21 Å². The summed E-state index contributed by atoms with van der Waals surface area (Å²) in [7, 11) is 0. The summed E-state index contributed by atoms with van der Waals surface area (Å²) in [6.07, 6.45) is 1.10. The third-order valence-electron chi connectivity index (χ3n) is 4.18. The van der Waals surface area contributed by atoms with E-state index in [1.807, 2.05) is 0 Å². The third-order valence-corrected chi connectivity index (χ3v) is 4.18. The van der Waals surface area contributed by atoms with Crippen LogP contribution in [0, 0.1) is 5.82 Å². The topological polar surface area (TPSA) is 97.5 Å². The summed E-state index contributed by atoms with van der Waals surface area (Å²) in [5, 5.41) is 17.0. The standard InChI is InChI=1S/C17H21FN4O4/c1-17(2,3)26-16(25)21-6-4-5-10(9-21)22-14-8-12(18)11(15(23)24)7-13(14)19-20-22/h7-8,10H,4-6,9H2,1-3H3,(H,23,24). The highest BCUT2D eigenvalue weighted by Crippen LogP contribution is 2.27. The van der Waals surface area contributed by atoms with Gasteiger partial charge in [-0.05, 0) is 39.7 Å². The van der Waals surface area contributed by atoms with Crippen molar-refractivity contribution in [3.05, 3.63) is 23.5 Å². The maximum Gasteiger partial charge on any atom is 0.410 e. The number of carboxylic acid groups (broad SMARTS) is 1. The number of hydrogen-bond acceptors (Lipinski definition) is 5. The van der Waals surface area contributed by atoms with Crippen molar-refractivity contribution in [3.8, 4) is 0 Å². The molecule has 0 radical (unpaired) electrons. The Morgan fingerprint density at radius 3 is 2.73 bits per heavy atom. The van der Waals surface area contributed by atoms with Crippen molar-refractivity contribution in [1.29, 1.82) is 0 Å². The Kier molecular flexibility index (Phi) is 4.55. The van der Waals surface area contributed by atoms with Crippen molar-refractivity contribution >= 4 is 23.1 Å². The molecule has 140 valence electrons. The van der Waals surface area contributed by atoms with E-state index in [2.05, 4.69) is 10.3 Å². The average Bonchev–Trinajstić information content (AvgIpc) is 2.95. The Bertz CT molecular complexity index is 858. The molecular weight excluding hydrogens is 343 g/mol. The van der Waals surface area contributed by atoms with Gasteiger partial charge in [0.15, 0.2) is 0 Å². The van der Waals surface area contributed by atoms with Gasteiger partial charge in [-0.2, -0.15) is 0 Å². The SMILES string of the molecule is CC(C)(C)OC(=O)N1CCCC(n2nnc3cc(C(=O)O)c(F)cc32)C1. The number of rotatable bonds is 2. The number of hydrogen-bond donors (Lipinski definition) is 1. The van der Waals surface area contributed by atoms with Crippen molar-refractivity contribution < 1.29 is 23.8 Å². The number of nitrogens with zero attached hydrogens (tertiary/aromatic N) is 4. The summed E-state index contributed by atoms with van der Waals surface area (Å²) in [5.41, 5.74) is -0.314. The molecule has 8 nitrogen and oxygen atoms in total. The molecule has 2 aromatic rings. The lowest BCUT2D eigenvalue weighted by Gasteiger charge is -2.34. The summed E-state index contributed by atoms with van der Waals surface area (Å²) in [6, 6.07) is 2.12. The number of aromatic nitrogens is 3. The predicted octanol–water partition coefficient (Wildman–Crippen LogP) is 2.84. The van der Waals surface area contributed by atoms with Gasteiger partial charge in [0, 0.05) is 19.2 Å².